The maximum absolute atomic E-state index is 13.0. The van der Waals surface area contributed by atoms with E-state index < -0.39 is 27.9 Å². The van der Waals surface area contributed by atoms with Crippen LogP contribution in [0.5, 0.6) is 0 Å². The quantitative estimate of drug-likeness (QED) is 0.701. The fraction of sp³-hybridized carbons (Fsp3) is 0.900. The predicted molar refractivity (Wildman–Crippen MR) is 59.9 cm³/mol. The van der Waals surface area contributed by atoms with Gasteiger partial charge in [0.05, 0.1) is 6.61 Å². The van der Waals surface area contributed by atoms with E-state index in [1.165, 1.54) is 4.31 Å². The molecule has 0 aliphatic carbocycles. The molecule has 0 aromatic carbocycles. The monoisotopic (exact) mass is 251 g/mol. The van der Waals surface area contributed by atoms with E-state index >= 15 is 0 Å². The number of alkyl halides is 1. The third-order valence-electron chi connectivity index (χ3n) is 2.53. The average molecular weight is 251 g/mol. The lowest BCUT2D eigenvalue weighted by Gasteiger charge is -2.26. The van der Waals surface area contributed by atoms with Gasteiger partial charge in [-0.05, 0) is 27.2 Å². The van der Waals surface area contributed by atoms with Crippen LogP contribution in [-0.4, -0.2) is 45.1 Å². The van der Waals surface area contributed by atoms with Crippen molar-refractivity contribution in [2.75, 3.05) is 19.7 Å². The number of hydrogen-bond donors (Lipinski definition) is 0. The summed E-state index contributed by atoms with van der Waals surface area (Å²) in [5.41, 5.74) is 0. The SMILES string of the molecule is CCOC(=O)C(C)(C)[S@](=O)N1CC[C@@H](F)C1. The van der Waals surface area contributed by atoms with Crippen molar-refractivity contribution in [1.82, 2.24) is 4.31 Å². The molecule has 0 aromatic rings. The van der Waals surface area contributed by atoms with Crippen molar-refractivity contribution < 1.29 is 18.1 Å². The Morgan fingerprint density at radius 3 is 2.69 bits per heavy atom. The summed E-state index contributed by atoms with van der Waals surface area (Å²) in [6, 6.07) is 0. The maximum Gasteiger partial charge on any atom is 0.325 e. The highest BCUT2D eigenvalue weighted by atomic mass is 32.2. The molecule has 1 aliphatic rings. The fourth-order valence-corrected chi connectivity index (χ4v) is 2.95. The number of carbonyl (C=O) groups is 1. The van der Waals surface area contributed by atoms with E-state index in [4.69, 9.17) is 4.74 Å². The smallest absolute Gasteiger partial charge is 0.325 e. The molecule has 1 heterocycles. The van der Waals surface area contributed by atoms with Crippen LogP contribution in [0.1, 0.15) is 27.2 Å². The molecule has 1 saturated heterocycles. The Hall–Kier alpha value is -0.490. The molecular weight excluding hydrogens is 233 g/mol. The number of nitrogens with zero attached hydrogens (tertiary/aromatic N) is 1. The van der Waals surface area contributed by atoms with E-state index in [1.807, 2.05) is 0 Å². The molecule has 0 aromatic heterocycles. The first-order chi connectivity index (χ1) is 7.39. The van der Waals surface area contributed by atoms with Crippen LogP contribution in [0.3, 0.4) is 0 Å². The van der Waals surface area contributed by atoms with Crippen LogP contribution in [0.2, 0.25) is 0 Å². The minimum atomic E-state index is -1.54. The number of rotatable bonds is 4. The highest BCUT2D eigenvalue weighted by molar-refractivity contribution is 7.84. The molecule has 16 heavy (non-hydrogen) atoms. The zero-order valence-electron chi connectivity index (χ0n) is 9.86. The fourth-order valence-electron chi connectivity index (χ4n) is 1.54. The van der Waals surface area contributed by atoms with Crippen LogP contribution in [0, 0.1) is 0 Å². The van der Waals surface area contributed by atoms with Gasteiger partial charge in [-0.3, -0.25) is 4.79 Å². The van der Waals surface area contributed by atoms with Crippen LogP contribution in [-0.2, 0) is 20.5 Å². The van der Waals surface area contributed by atoms with Gasteiger partial charge in [0.15, 0.2) is 4.75 Å². The van der Waals surface area contributed by atoms with Gasteiger partial charge in [0.25, 0.3) is 0 Å². The van der Waals surface area contributed by atoms with Gasteiger partial charge in [-0.2, -0.15) is 0 Å². The highest BCUT2D eigenvalue weighted by Gasteiger charge is 2.41. The Balaban J connectivity index is 2.68. The molecule has 1 fully saturated rings. The number of hydrogen-bond acceptors (Lipinski definition) is 3. The molecule has 1 rings (SSSR count). The molecule has 0 unspecified atom stereocenters. The van der Waals surface area contributed by atoms with Gasteiger partial charge in [0, 0.05) is 13.1 Å². The van der Waals surface area contributed by atoms with E-state index in [0.29, 0.717) is 13.0 Å². The summed E-state index contributed by atoms with van der Waals surface area (Å²) in [5.74, 6) is -0.504. The van der Waals surface area contributed by atoms with Crippen molar-refractivity contribution in [2.45, 2.75) is 38.1 Å². The highest BCUT2D eigenvalue weighted by Crippen LogP contribution is 2.23. The predicted octanol–water partition coefficient (Wildman–Crippen LogP) is 1.04. The lowest BCUT2D eigenvalue weighted by molar-refractivity contribution is -0.145. The minimum absolute atomic E-state index is 0.134. The third-order valence-corrected chi connectivity index (χ3v) is 4.37. The summed E-state index contributed by atoms with van der Waals surface area (Å²) in [7, 11) is -1.54. The number of carbonyl (C=O) groups excluding carboxylic acids is 1. The zero-order chi connectivity index (χ0) is 12.3. The Morgan fingerprint density at radius 1 is 1.62 bits per heavy atom. The molecule has 0 spiro atoms. The van der Waals surface area contributed by atoms with Gasteiger partial charge in [0.1, 0.15) is 17.2 Å². The maximum atomic E-state index is 13.0. The third kappa shape index (κ3) is 2.79. The van der Waals surface area contributed by atoms with Crippen LogP contribution in [0.4, 0.5) is 4.39 Å². The van der Waals surface area contributed by atoms with Gasteiger partial charge in [-0.15, -0.1) is 0 Å². The summed E-state index contributed by atoms with van der Waals surface area (Å²) in [6.07, 6.45) is -0.563. The second kappa shape index (κ2) is 5.23. The van der Waals surface area contributed by atoms with Gasteiger partial charge in [0.2, 0.25) is 0 Å². The minimum Gasteiger partial charge on any atom is -0.465 e. The zero-order valence-corrected chi connectivity index (χ0v) is 10.7. The van der Waals surface area contributed by atoms with Gasteiger partial charge < -0.3 is 4.74 Å². The number of ether oxygens (including phenoxy) is 1. The molecule has 0 saturated carbocycles. The summed E-state index contributed by atoms with van der Waals surface area (Å²) < 4.78 is 30.3. The lowest BCUT2D eigenvalue weighted by Crippen LogP contribution is -2.45. The van der Waals surface area contributed by atoms with Crippen molar-refractivity contribution in [3.8, 4) is 0 Å². The first-order valence-corrected chi connectivity index (χ1v) is 6.48. The summed E-state index contributed by atoms with van der Waals surface area (Å²) >= 11 is 0. The normalized spacial score (nSPS) is 24.4. The van der Waals surface area contributed by atoms with Crippen LogP contribution in [0.25, 0.3) is 0 Å². The summed E-state index contributed by atoms with van der Waals surface area (Å²) in [4.78, 5) is 11.6. The molecule has 94 valence electrons. The molecular formula is C10H18FNO3S. The molecule has 0 amide bonds. The molecule has 1 aliphatic heterocycles. The van der Waals surface area contributed by atoms with Gasteiger partial charge in [-0.1, -0.05) is 0 Å². The molecule has 0 N–H and O–H groups in total. The van der Waals surface area contributed by atoms with Gasteiger partial charge in [-0.25, -0.2) is 12.9 Å². The Bertz CT molecular complexity index is 296. The van der Waals surface area contributed by atoms with Crippen LogP contribution < -0.4 is 0 Å². The second-order valence-corrected chi connectivity index (χ2v) is 6.29. The van der Waals surface area contributed by atoms with Crippen LogP contribution >= 0.6 is 0 Å². The molecule has 6 heteroatoms. The topological polar surface area (TPSA) is 46.6 Å². The summed E-state index contributed by atoms with van der Waals surface area (Å²) in [5, 5.41) is 0. The van der Waals surface area contributed by atoms with Crippen molar-refractivity contribution in [2.24, 2.45) is 0 Å². The van der Waals surface area contributed by atoms with Crippen molar-refractivity contribution in [3.05, 3.63) is 0 Å². The van der Waals surface area contributed by atoms with Crippen molar-refractivity contribution >= 4 is 17.0 Å². The van der Waals surface area contributed by atoms with Crippen LogP contribution in [0.15, 0.2) is 0 Å². The van der Waals surface area contributed by atoms with E-state index in [9.17, 15) is 13.4 Å². The lowest BCUT2D eigenvalue weighted by atomic mass is 10.2. The summed E-state index contributed by atoms with van der Waals surface area (Å²) in [6.45, 7) is 5.64. The van der Waals surface area contributed by atoms with E-state index in [2.05, 4.69) is 0 Å². The molecule has 2 atom stereocenters. The standard InChI is InChI=1S/C10H18FNO3S/c1-4-15-9(13)10(2,3)16(14)12-6-5-8(11)7-12/h8H,4-7H2,1-3H3/t8-,16+/m1/s1. The van der Waals surface area contributed by atoms with E-state index in [-0.39, 0.29) is 13.2 Å². The second-order valence-electron chi connectivity index (χ2n) is 4.25. The van der Waals surface area contributed by atoms with Crippen molar-refractivity contribution in [3.63, 3.8) is 0 Å². The number of halogens is 1. The van der Waals surface area contributed by atoms with Crippen molar-refractivity contribution in [1.29, 1.82) is 0 Å². The van der Waals surface area contributed by atoms with E-state index in [1.54, 1.807) is 20.8 Å². The first-order valence-electron chi connectivity index (χ1n) is 5.37. The molecule has 4 nitrogen and oxygen atoms in total. The molecule has 0 radical (unpaired) electrons. The van der Waals surface area contributed by atoms with E-state index in [0.717, 1.165) is 0 Å². The molecule has 0 bridgehead atoms. The first kappa shape index (κ1) is 13.6. The Labute approximate surface area is 97.7 Å². The largest absolute Gasteiger partial charge is 0.465 e. The average Bonchev–Trinajstić information content (AvgIpc) is 2.64. The number of esters is 1. The Morgan fingerprint density at radius 2 is 2.25 bits per heavy atom. The van der Waals surface area contributed by atoms with Gasteiger partial charge >= 0.3 is 5.97 Å². The Kier molecular flexibility index (Phi) is 4.43.